The lowest BCUT2D eigenvalue weighted by molar-refractivity contribution is -0.122. The van der Waals surface area contributed by atoms with Crippen molar-refractivity contribution < 1.29 is 4.79 Å². The number of amides is 1. The molecule has 1 fully saturated rings. The van der Waals surface area contributed by atoms with Crippen molar-refractivity contribution in [1.29, 1.82) is 0 Å². The third-order valence-corrected chi connectivity index (χ3v) is 4.39. The van der Waals surface area contributed by atoms with E-state index >= 15 is 0 Å². The second-order valence-electron chi connectivity index (χ2n) is 3.52. The lowest BCUT2D eigenvalue weighted by Gasteiger charge is -2.09. The molecule has 0 saturated carbocycles. The smallest absolute Gasteiger partial charge is 0.238 e. The van der Waals surface area contributed by atoms with Gasteiger partial charge in [0.15, 0.2) is 0 Å². The monoisotopic (exact) mass is 242 g/mol. The number of nitrogens with one attached hydrogen (secondary N) is 2. The molecule has 1 aromatic heterocycles. The van der Waals surface area contributed by atoms with E-state index in [9.17, 15) is 4.79 Å². The Morgan fingerprint density at radius 1 is 1.73 bits per heavy atom. The van der Waals surface area contributed by atoms with Crippen LogP contribution in [-0.4, -0.2) is 23.6 Å². The summed E-state index contributed by atoms with van der Waals surface area (Å²) in [6.45, 7) is 2.73. The minimum Gasteiger partial charge on any atom is -0.350 e. The summed E-state index contributed by atoms with van der Waals surface area (Å²) in [5, 5.41) is 8.17. The summed E-state index contributed by atoms with van der Waals surface area (Å²) >= 11 is 3.46. The molecule has 1 amide bonds. The molecule has 1 aromatic rings. The van der Waals surface area contributed by atoms with Gasteiger partial charge >= 0.3 is 0 Å². The van der Waals surface area contributed by atoms with E-state index < -0.39 is 0 Å². The van der Waals surface area contributed by atoms with Crippen LogP contribution in [0.2, 0.25) is 0 Å². The summed E-state index contributed by atoms with van der Waals surface area (Å²) in [5.41, 5.74) is 1.26. The van der Waals surface area contributed by atoms with E-state index in [0.29, 0.717) is 6.54 Å². The van der Waals surface area contributed by atoms with Crippen LogP contribution in [0.1, 0.15) is 10.4 Å². The maximum absolute atomic E-state index is 11.7. The molecule has 3 nitrogen and oxygen atoms in total. The first kappa shape index (κ1) is 11.0. The Labute approximate surface area is 97.6 Å². The van der Waals surface area contributed by atoms with Gasteiger partial charge in [0.2, 0.25) is 5.91 Å². The van der Waals surface area contributed by atoms with Crippen molar-refractivity contribution >= 4 is 29.0 Å². The lowest BCUT2D eigenvalue weighted by Crippen LogP contribution is -2.41. The molecule has 2 heterocycles. The molecule has 0 aromatic carbocycles. The number of hydrogen-bond acceptors (Lipinski definition) is 4. The van der Waals surface area contributed by atoms with Gasteiger partial charge in [-0.25, -0.2) is 0 Å². The maximum Gasteiger partial charge on any atom is 0.238 e. The Balaban J connectivity index is 1.83. The van der Waals surface area contributed by atoms with Gasteiger partial charge in [-0.05, 0) is 23.9 Å². The van der Waals surface area contributed by atoms with Crippen LogP contribution < -0.4 is 10.6 Å². The van der Waals surface area contributed by atoms with Crippen LogP contribution in [0.5, 0.6) is 0 Å². The third-order valence-electron chi connectivity index (χ3n) is 2.42. The van der Waals surface area contributed by atoms with Gasteiger partial charge in [-0.15, -0.1) is 23.1 Å². The number of aryl methyl sites for hydroxylation is 1. The molecule has 1 aliphatic rings. The van der Waals surface area contributed by atoms with E-state index in [0.717, 1.165) is 11.6 Å². The summed E-state index contributed by atoms with van der Waals surface area (Å²) in [6, 6.07) is 2.07. The van der Waals surface area contributed by atoms with E-state index in [1.807, 2.05) is 0 Å². The van der Waals surface area contributed by atoms with Gasteiger partial charge in [0.05, 0.1) is 12.6 Å². The van der Waals surface area contributed by atoms with Gasteiger partial charge in [0, 0.05) is 16.5 Å². The van der Waals surface area contributed by atoms with Crippen molar-refractivity contribution in [3.05, 3.63) is 21.9 Å². The molecule has 15 heavy (non-hydrogen) atoms. The van der Waals surface area contributed by atoms with E-state index in [4.69, 9.17) is 0 Å². The summed E-state index contributed by atoms with van der Waals surface area (Å²) in [4.78, 5) is 12.9. The Morgan fingerprint density at radius 3 is 3.20 bits per heavy atom. The van der Waals surface area contributed by atoms with Crippen LogP contribution >= 0.6 is 23.1 Å². The minimum atomic E-state index is -0.00438. The Kier molecular flexibility index (Phi) is 3.66. The molecule has 2 N–H and O–H groups in total. The molecule has 1 unspecified atom stereocenters. The highest BCUT2D eigenvalue weighted by atomic mass is 32.2. The fourth-order valence-corrected chi connectivity index (χ4v) is 3.23. The van der Waals surface area contributed by atoms with Crippen LogP contribution in [0.25, 0.3) is 0 Å². The quantitative estimate of drug-likeness (QED) is 0.840. The van der Waals surface area contributed by atoms with E-state index in [1.165, 1.54) is 10.4 Å². The van der Waals surface area contributed by atoms with Gasteiger partial charge in [0.1, 0.15) is 0 Å². The van der Waals surface area contributed by atoms with Gasteiger partial charge in [0.25, 0.3) is 0 Å². The van der Waals surface area contributed by atoms with Gasteiger partial charge in [-0.3, -0.25) is 10.1 Å². The predicted molar refractivity (Wildman–Crippen MR) is 65.2 cm³/mol. The first-order valence-electron chi connectivity index (χ1n) is 4.89. The van der Waals surface area contributed by atoms with E-state index in [-0.39, 0.29) is 11.9 Å². The molecule has 1 saturated heterocycles. The standard InChI is InChI=1S/C10H14N2OS2/c1-7-2-3-15-9(7)4-11-10(13)8-5-14-6-12-8/h2-3,8,12H,4-6H2,1H3,(H,11,13). The molecule has 82 valence electrons. The first-order valence-corrected chi connectivity index (χ1v) is 6.92. The lowest BCUT2D eigenvalue weighted by atomic mass is 10.2. The third kappa shape index (κ3) is 2.74. The SMILES string of the molecule is Cc1ccsc1CNC(=O)C1CSCN1. The topological polar surface area (TPSA) is 41.1 Å². The first-order chi connectivity index (χ1) is 7.27. The molecule has 5 heteroatoms. The van der Waals surface area contributed by atoms with Crippen LogP contribution in [0.4, 0.5) is 0 Å². The molecule has 2 rings (SSSR count). The molecule has 1 atom stereocenters. The highest BCUT2D eigenvalue weighted by Crippen LogP contribution is 2.15. The number of carbonyl (C=O) groups excluding carboxylic acids is 1. The van der Waals surface area contributed by atoms with Crippen LogP contribution in [0.3, 0.4) is 0 Å². The van der Waals surface area contributed by atoms with E-state index in [1.54, 1.807) is 23.1 Å². The summed E-state index contributed by atoms with van der Waals surface area (Å²) in [7, 11) is 0. The molecule has 0 bridgehead atoms. The summed E-state index contributed by atoms with van der Waals surface area (Å²) in [5.74, 6) is 1.89. The molecule has 1 aliphatic heterocycles. The fraction of sp³-hybridized carbons (Fsp3) is 0.500. The molecular weight excluding hydrogens is 228 g/mol. The van der Waals surface area contributed by atoms with Crippen molar-refractivity contribution in [2.45, 2.75) is 19.5 Å². The van der Waals surface area contributed by atoms with Crippen LogP contribution in [-0.2, 0) is 11.3 Å². The van der Waals surface area contributed by atoms with Crippen molar-refractivity contribution in [2.24, 2.45) is 0 Å². The number of thioether (sulfide) groups is 1. The maximum atomic E-state index is 11.7. The van der Waals surface area contributed by atoms with Crippen LogP contribution in [0.15, 0.2) is 11.4 Å². The van der Waals surface area contributed by atoms with Gasteiger partial charge < -0.3 is 5.32 Å². The van der Waals surface area contributed by atoms with Crippen molar-refractivity contribution in [2.75, 3.05) is 11.6 Å². The molecule has 0 spiro atoms. The second-order valence-corrected chi connectivity index (χ2v) is 5.55. The zero-order valence-electron chi connectivity index (χ0n) is 8.58. The Hall–Kier alpha value is -0.520. The fourth-order valence-electron chi connectivity index (χ4n) is 1.44. The number of hydrogen-bond donors (Lipinski definition) is 2. The number of carbonyl (C=O) groups is 1. The Bertz CT molecular complexity index is 345. The zero-order chi connectivity index (χ0) is 10.7. The van der Waals surface area contributed by atoms with Crippen molar-refractivity contribution in [3.8, 4) is 0 Å². The predicted octanol–water partition coefficient (Wildman–Crippen LogP) is 1.34. The average Bonchev–Trinajstić information content (AvgIpc) is 2.85. The summed E-state index contributed by atoms with van der Waals surface area (Å²) < 4.78 is 0. The van der Waals surface area contributed by atoms with Crippen LogP contribution in [0, 0.1) is 6.92 Å². The molecule has 0 radical (unpaired) electrons. The molecular formula is C10H14N2OS2. The number of thiophene rings is 1. The molecule has 0 aliphatic carbocycles. The van der Waals surface area contributed by atoms with Gasteiger partial charge in [-0.2, -0.15) is 0 Å². The van der Waals surface area contributed by atoms with Gasteiger partial charge in [-0.1, -0.05) is 0 Å². The second kappa shape index (κ2) is 5.01. The largest absolute Gasteiger partial charge is 0.350 e. The number of rotatable bonds is 3. The zero-order valence-corrected chi connectivity index (χ0v) is 10.2. The summed E-state index contributed by atoms with van der Waals surface area (Å²) in [6.07, 6.45) is 0. The van der Waals surface area contributed by atoms with Crippen molar-refractivity contribution in [3.63, 3.8) is 0 Å². The van der Waals surface area contributed by atoms with E-state index in [2.05, 4.69) is 29.0 Å². The average molecular weight is 242 g/mol. The highest BCUT2D eigenvalue weighted by molar-refractivity contribution is 7.99. The normalized spacial score (nSPS) is 20.5. The Morgan fingerprint density at radius 2 is 2.60 bits per heavy atom. The minimum absolute atomic E-state index is 0.00438. The highest BCUT2D eigenvalue weighted by Gasteiger charge is 2.21. The van der Waals surface area contributed by atoms with Crippen molar-refractivity contribution in [1.82, 2.24) is 10.6 Å².